The van der Waals surface area contributed by atoms with Crippen LogP contribution in [0.15, 0.2) is 65.0 Å². The van der Waals surface area contributed by atoms with Crippen LogP contribution in [-0.4, -0.2) is 26.3 Å². The monoisotopic (exact) mass is 448 g/mol. The average Bonchev–Trinajstić information content (AvgIpc) is 3.18. The molecule has 2 heterocycles. The highest BCUT2D eigenvalue weighted by molar-refractivity contribution is 7.99. The van der Waals surface area contributed by atoms with E-state index in [0.29, 0.717) is 18.1 Å². The fourth-order valence-electron chi connectivity index (χ4n) is 3.87. The van der Waals surface area contributed by atoms with E-state index in [9.17, 15) is 4.79 Å². The third-order valence-electron chi connectivity index (χ3n) is 5.33. The zero-order valence-corrected chi connectivity index (χ0v) is 19.7. The molecule has 0 radical (unpaired) electrons. The number of rotatable bonds is 8. The lowest BCUT2D eigenvalue weighted by Gasteiger charge is -2.28. The molecule has 1 unspecified atom stereocenters. The Morgan fingerprint density at radius 3 is 2.66 bits per heavy atom. The first-order valence-corrected chi connectivity index (χ1v) is 11.8. The quantitative estimate of drug-likeness (QED) is 0.456. The molecule has 0 aliphatic carbocycles. The molecule has 3 aromatic rings. The lowest BCUT2D eigenvalue weighted by atomic mass is 9.93. The molecule has 4 rings (SSSR count). The summed E-state index contributed by atoms with van der Waals surface area (Å²) >= 11 is 1.62. The van der Waals surface area contributed by atoms with Crippen LogP contribution in [0.5, 0.6) is 5.75 Å². The van der Waals surface area contributed by atoms with Crippen molar-refractivity contribution in [1.82, 2.24) is 14.8 Å². The minimum absolute atomic E-state index is 0.0173. The van der Waals surface area contributed by atoms with Crippen molar-refractivity contribution in [2.45, 2.75) is 51.9 Å². The summed E-state index contributed by atoms with van der Waals surface area (Å²) in [6, 6.07) is 15.9. The van der Waals surface area contributed by atoms with E-state index in [0.717, 1.165) is 39.9 Å². The Morgan fingerprint density at radius 1 is 1.19 bits per heavy atom. The number of aromatic nitrogens is 3. The summed E-state index contributed by atoms with van der Waals surface area (Å²) in [5.41, 5.74) is 4.83. The molecule has 1 N–H and O–H groups in total. The molecular formula is C25H28N4O2S. The van der Waals surface area contributed by atoms with Gasteiger partial charge in [-0.25, -0.2) is 4.68 Å². The molecule has 7 heteroatoms. The maximum absolute atomic E-state index is 12.5. The van der Waals surface area contributed by atoms with Crippen LogP contribution in [0, 0.1) is 6.92 Å². The van der Waals surface area contributed by atoms with Gasteiger partial charge in [0, 0.05) is 17.0 Å². The Balaban J connectivity index is 1.60. The van der Waals surface area contributed by atoms with Gasteiger partial charge in [0.1, 0.15) is 18.4 Å². The minimum atomic E-state index is -0.321. The number of Topliss-reactive ketones (excluding diaryl/α,β-unsaturated/α-hetero) is 1. The van der Waals surface area contributed by atoms with Gasteiger partial charge >= 0.3 is 0 Å². The molecule has 32 heavy (non-hydrogen) atoms. The van der Waals surface area contributed by atoms with Crippen molar-refractivity contribution >= 4 is 23.5 Å². The van der Waals surface area contributed by atoms with E-state index < -0.39 is 0 Å². The number of nitrogens with zero attached hydrogens (tertiary/aromatic N) is 3. The van der Waals surface area contributed by atoms with Crippen molar-refractivity contribution in [3.8, 4) is 5.75 Å². The number of fused-ring (bicyclic) bond motifs is 1. The van der Waals surface area contributed by atoms with Crippen molar-refractivity contribution in [1.29, 1.82) is 0 Å². The first kappa shape index (κ1) is 22.1. The van der Waals surface area contributed by atoms with Crippen molar-refractivity contribution in [3.63, 3.8) is 0 Å². The Morgan fingerprint density at radius 2 is 1.97 bits per heavy atom. The molecule has 1 aliphatic rings. The van der Waals surface area contributed by atoms with Gasteiger partial charge in [-0.15, -0.1) is 5.10 Å². The Bertz CT molecular complexity index is 1150. The van der Waals surface area contributed by atoms with Crippen LogP contribution in [0.4, 0.5) is 5.95 Å². The first-order valence-electron chi connectivity index (χ1n) is 10.8. The van der Waals surface area contributed by atoms with E-state index in [1.54, 1.807) is 18.7 Å². The normalized spacial score (nSPS) is 15.3. The zero-order chi connectivity index (χ0) is 22.7. The fourth-order valence-corrected chi connectivity index (χ4v) is 4.55. The molecule has 0 fully saturated rings. The summed E-state index contributed by atoms with van der Waals surface area (Å²) in [6.07, 6.45) is 1.05. The summed E-state index contributed by atoms with van der Waals surface area (Å²) in [7, 11) is 0. The molecule has 0 saturated heterocycles. The van der Waals surface area contributed by atoms with Crippen LogP contribution < -0.4 is 10.1 Å². The van der Waals surface area contributed by atoms with Gasteiger partial charge in [0.25, 0.3) is 0 Å². The average molecular weight is 449 g/mol. The van der Waals surface area contributed by atoms with E-state index in [4.69, 9.17) is 9.84 Å². The van der Waals surface area contributed by atoms with E-state index in [1.807, 2.05) is 41.9 Å². The number of anilines is 1. The molecule has 1 aromatic heterocycles. The topological polar surface area (TPSA) is 69.0 Å². The summed E-state index contributed by atoms with van der Waals surface area (Å²) < 4.78 is 7.80. The maximum Gasteiger partial charge on any atom is 0.227 e. The molecule has 1 aliphatic heterocycles. The summed E-state index contributed by atoms with van der Waals surface area (Å²) in [5, 5.41) is 8.68. The van der Waals surface area contributed by atoms with Gasteiger partial charge in [-0.1, -0.05) is 60.6 Å². The Hall–Kier alpha value is -3.06. The highest BCUT2D eigenvalue weighted by Crippen LogP contribution is 2.37. The second-order valence-corrected chi connectivity index (χ2v) is 9.04. The van der Waals surface area contributed by atoms with E-state index in [1.165, 1.54) is 5.56 Å². The molecule has 0 spiro atoms. The van der Waals surface area contributed by atoms with Crippen molar-refractivity contribution in [2.24, 2.45) is 0 Å². The molecule has 2 aromatic carbocycles. The van der Waals surface area contributed by atoms with Gasteiger partial charge in [-0.05, 0) is 50.5 Å². The summed E-state index contributed by atoms with van der Waals surface area (Å²) in [5.74, 6) is 2.42. The Labute approximate surface area is 193 Å². The molecule has 166 valence electrons. The first-order chi connectivity index (χ1) is 15.5. The SMILES string of the molecule is CCCSc1nc2n(n1)C(c1ccc(OCc3cccc(C)c3)cc1)C(C(C)=O)=C(C)N2. The number of thioether (sulfide) groups is 1. The van der Waals surface area contributed by atoms with Gasteiger partial charge in [0.05, 0.1) is 0 Å². The number of allylic oxidation sites excluding steroid dienone is 2. The van der Waals surface area contributed by atoms with Gasteiger partial charge < -0.3 is 10.1 Å². The lowest BCUT2D eigenvalue weighted by Crippen LogP contribution is -2.27. The van der Waals surface area contributed by atoms with Crippen molar-refractivity contribution < 1.29 is 9.53 Å². The highest BCUT2D eigenvalue weighted by atomic mass is 32.2. The number of benzene rings is 2. The molecule has 0 saturated carbocycles. The summed E-state index contributed by atoms with van der Waals surface area (Å²) in [4.78, 5) is 17.2. The summed E-state index contributed by atoms with van der Waals surface area (Å²) in [6.45, 7) is 8.23. The predicted molar refractivity (Wildman–Crippen MR) is 128 cm³/mol. The second kappa shape index (κ2) is 9.61. The number of aryl methyl sites for hydroxylation is 1. The standard InChI is InChI=1S/C25H28N4O2S/c1-5-13-32-25-27-24-26-17(3)22(18(4)30)23(29(24)28-25)20-9-11-21(12-10-20)31-15-19-8-6-7-16(2)14-19/h6-12,14,23H,5,13,15H2,1-4H3,(H,26,27,28). The molecular weight excluding hydrogens is 420 g/mol. The van der Waals surface area contributed by atoms with E-state index in [2.05, 4.69) is 42.3 Å². The van der Waals surface area contributed by atoms with E-state index in [-0.39, 0.29) is 11.8 Å². The Kier molecular flexibility index (Phi) is 6.65. The van der Waals surface area contributed by atoms with Gasteiger partial charge in [-0.3, -0.25) is 4.79 Å². The number of carbonyl (C=O) groups excluding carboxylic acids is 1. The zero-order valence-electron chi connectivity index (χ0n) is 18.9. The van der Waals surface area contributed by atoms with Crippen LogP contribution in [0.2, 0.25) is 0 Å². The van der Waals surface area contributed by atoms with Gasteiger partial charge in [0.2, 0.25) is 11.1 Å². The predicted octanol–water partition coefficient (Wildman–Crippen LogP) is 5.55. The highest BCUT2D eigenvalue weighted by Gasteiger charge is 2.32. The van der Waals surface area contributed by atoms with Crippen LogP contribution in [0.1, 0.15) is 49.9 Å². The molecule has 0 bridgehead atoms. The minimum Gasteiger partial charge on any atom is -0.489 e. The number of carbonyl (C=O) groups is 1. The second-order valence-electron chi connectivity index (χ2n) is 7.98. The van der Waals surface area contributed by atoms with Crippen molar-refractivity contribution in [2.75, 3.05) is 11.1 Å². The fraction of sp³-hybridized carbons (Fsp3) is 0.320. The van der Waals surface area contributed by atoms with Crippen LogP contribution in [0.3, 0.4) is 0 Å². The molecule has 6 nitrogen and oxygen atoms in total. The third-order valence-corrected chi connectivity index (χ3v) is 6.38. The largest absolute Gasteiger partial charge is 0.489 e. The number of nitrogens with one attached hydrogen (secondary N) is 1. The van der Waals surface area contributed by atoms with Crippen LogP contribution in [-0.2, 0) is 11.4 Å². The van der Waals surface area contributed by atoms with Gasteiger partial charge in [-0.2, -0.15) is 4.98 Å². The number of ether oxygens (including phenoxy) is 1. The van der Waals surface area contributed by atoms with Crippen LogP contribution in [0.25, 0.3) is 0 Å². The smallest absolute Gasteiger partial charge is 0.227 e. The lowest BCUT2D eigenvalue weighted by molar-refractivity contribution is -0.114. The van der Waals surface area contributed by atoms with Crippen LogP contribution >= 0.6 is 11.8 Å². The number of hydrogen-bond donors (Lipinski definition) is 1. The van der Waals surface area contributed by atoms with Gasteiger partial charge in [0.15, 0.2) is 5.78 Å². The number of ketones is 1. The maximum atomic E-state index is 12.5. The molecule has 0 amide bonds. The van der Waals surface area contributed by atoms with Crippen molar-refractivity contribution in [3.05, 3.63) is 76.5 Å². The van der Waals surface area contributed by atoms with E-state index >= 15 is 0 Å². The number of hydrogen-bond acceptors (Lipinski definition) is 6. The molecule has 1 atom stereocenters. The third kappa shape index (κ3) is 4.72.